The van der Waals surface area contributed by atoms with Crippen LogP contribution >= 0.6 is 0 Å². The van der Waals surface area contributed by atoms with Crippen LogP contribution in [-0.2, 0) is 19.1 Å². The highest BCUT2D eigenvalue weighted by Crippen LogP contribution is 2.43. The molecule has 2 saturated carbocycles. The van der Waals surface area contributed by atoms with Crippen LogP contribution in [0.15, 0.2) is 0 Å². The van der Waals surface area contributed by atoms with E-state index in [1.54, 1.807) is 7.11 Å². The molecule has 0 aromatic carbocycles. The van der Waals surface area contributed by atoms with Crippen LogP contribution < -0.4 is 0 Å². The fourth-order valence-corrected chi connectivity index (χ4v) is 3.10. The number of rotatable bonds is 2. The number of carbonyl (C=O) groups is 2. The monoisotopic (exact) mass is 226 g/mol. The average molecular weight is 226 g/mol. The molecule has 2 aliphatic rings. The molecule has 0 amide bonds. The Labute approximate surface area is 95.3 Å². The maximum absolute atomic E-state index is 12.0. The quantitative estimate of drug-likeness (QED) is 0.524. The summed E-state index contributed by atoms with van der Waals surface area (Å²) >= 11 is 0. The van der Waals surface area contributed by atoms with Crippen molar-refractivity contribution in [3.63, 3.8) is 0 Å². The molecule has 0 aliphatic heterocycles. The van der Waals surface area contributed by atoms with Gasteiger partial charge in [0, 0.05) is 13.0 Å². The summed E-state index contributed by atoms with van der Waals surface area (Å²) in [6, 6.07) is 0. The molecule has 0 bridgehead atoms. The number of ketones is 1. The number of Topliss-reactive ketones (excluding diaryl/α,β-unsaturated/α-hetero) is 1. The zero-order valence-corrected chi connectivity index (χ0v) is 9.77. The lowest BCUT2D eigenvalue weighted by Gasteiger charge is -2.29. The Kier molecular flexibility index (Phi) is 3.28. The summed E-state index contributed by atoms with van der Waals surface area (Å²) in [5.41, 5.74) is 0. The second-order valence-corrected chi connectivity index (χ2v) is 4.75. The molecule has 2 rings (SSSR count). The molecule has 4 nitrogen and oxygen atoms in total. The zero-order valence-electron chi connectivity index (χ0n) is 9.77. The minimum atomic E-state index is -0.518. The van der Waals surface area contributed by atoms with E-state index in [1.807, 2.05) is 0 Å². The van der Waals surface area contributed by atoms with E-state index in [0.717, 1.165) is 19.3 Å². The maximum atomic E-state index is 12.0. The number of methoxy groups -OCH3 is 2. The van der Waals surface area contributed by atoms with Gasteiger partial charge in [0.2, 0.25) is 0 Å². The van der Waals surface area contributed by atoms with Gasteiger partial charge >= 0.3 is 5.97 Å². The van der Waals surface area contributed by atoms with Crippen LogP contribution in [0.3, 0.4) is 0 Å². The predicted octanol–water partition coefficient (Wildman–Crippen LogP) is 1.18. The fourth-order valence-electron chi connectivity index (χ4n) is 3.10. The second kappa shape index (κ2) is 4.53. The van der Waals surface area contributed by atoms with Gasteiger partial charge in [0.1, 0.15) is 11.7 Å². The average Bonchev–Trinajstić information content (AvgIpc) is 2.65. The van der Waals surface area contributed by atoms with E-state index in [-0.39, 0.29) is 23.8 Å². The standard InChI is InChI=1S/C12H18O4/c1-15-8-3-4-9-7(5-8)6-10(11(9)13)12(14)16-2/h7-10H,3-6H2,1-2H3. The van der Waals surface area contributed by atoms with Crippen LogP contribution in [0.25, 0.3) is 0 Å². The molecular formula is C12H18O4. The van der Waals surface area contributed by atoms with Gasteiger partial charge in [-0.3, -0.25) is 9.59 Å². The molecule has 0 spiro atoms. The van der Waals surface area contributed by atoms with Crippen LogP contribution in [-0.4, -0.2) is 32.1 Å². The van der Waals surface area contributed by atoms with Crippen molar-refractivity contribution in [2.75, 3.05) is 14.2 Å². The highest BCUT2D eigenvalue weighted by molar-refractivity contribution is 6.02. The van der Waals surface area contributed by atoms with E-state index in [1.165, 1.54) is 7.11 Å². The van der Waals surface area contributed by atoms with Crippen molar-refractivity contribution >= 4 is 11.8 Å². The van der Waals surface area contributed by atoms with Gasteiger partial charge in [-0.1, -0.05) is 0 Å². The van der Waals surface area contributed by atoms with Crippen LogP contribution in [0.2, 0.25) is 0 Å². The van der Waals surface area contributed by atoms with E-state index >= 15 is 0 Å². The zero-order chi connectivity index (χ0) is 11.7. The number of ether oxygens (including phenoxy) is 2. The van der Waals surface area contributed by atoms with E-state index in [9.17, 15) is 9.59 Å². The molecule has 90 valence electrons. The Morgan fingerprint density at radius 2 is 2.00 bits per heavy atom. The van der Waals surface area contributed by atoms with Gasteiger partial charge in [0.05, 0.1) is 13.2 Å². The molecule has 0 aromatic heterocycles. The normalized spacial score (nSPS) is 38.2. The van der Waals surface area contributed by atoms with E-state index in [0.29, 0.717) is 12.3 Å². The molecule has 0 aromatic rings. The summed E-state index contributed by atoms with van der Waals surface area (Å²) in [4.78, 5) is 23.4. The molecule has 0 heterocycles. The number of esters is 1. The second-order valence-electron chi connectivity index (χ2n) is 4.75. The van der Waals surface area contributed by atoms with Crippen molar-refractivity contribution in [3.8, 4) is 0 Å². The molecule has 0 radical (unpaired) electrons. The highest BCUT2D eigenvalue weighted by atomic mass is 16.5. The summed E-state index contributed by atoms with van der Waals surface area (Å²) in [5, 5.41) is 0. The summed E-state index contributed by atoms with van der Waals surface area (Å²) < 4.78 is 10.0. The summed E-state index contributed by atoms with van der Waals surface area (Å²) in [6.07, 6.45) is 3.59. The molecule has 4 unspecified atom stereocenters. The molecule has 2 fully saturated rings. The Hall–Kier alpha value is -0.900. The lowest BCUT2D eigenvalue weighted by molar-refractivity contribution is -0.148. The van der Waals surface area contributed by atoms with Crippen molar-refractivity contribution in [2.45, 2.75) is 31.8 Å². The lowest BCUT2D eigenvalue weighted by Crippen LogP contribution is -2.29. The molecule has 16 heavy (non-hydrogen) atoms. The van der Waals surface area contributed by atoms with Gasteiger partial charge in [-0.2, -0.15) is 0 Å². The molecular weight excluding hydrogens is 208 g/mol. The van der Waals surface area contributed by atoms with Crippen molar-refractivity contribution in [1.29, 1.82) is 0 Å². The Morgan fingerprint density at radius 1 is 1.25 bits per heavy atom. The van der Waals surface area contributed by atoms with E-state index in [4.69, 9.17) is 4.74 Å². The van der Waals surface area contributed by atoms with Crippen molar-refractivity contribution in [3.05, 3.63) is 0 Å². The Morgan fingerprint density at radius 3 is 2.62 bits per heavy atom. The van der Waals surface area contributed by atoms with Crippen LogP contribution in [0, 0.1) is 17.8 Å². The predicted molar refractivity (Wildman–Crippen MR) is 56.8 cm³/mol. The van der Waals surface area contributed by atoms with E-state index < -0.39 is 5.92 Å². The van der Waals surface area contributed by atoms with Crippen molar-refractivity contribution < 1.29 is 19.1 Å². The lowest BCUT2D eigenvalue weighted by atomic mass is 9.80. The van der Waals surface area contributed by atoms with Crippen molar-refractivity contribution in [1.82, 2.24) is 0 Å². The SMILES string of the molecule is COC(=O)C1CC2CC(OC)CCC2C1=O. The van der Waals surface area contributed by atoms with Gasteiger partial charge in [-0.25, -0.2) is 0 Å². The molecule has 0 N–H and O–H groups in total. The first-order chi connectivity index (χ1) is 7.67. The van der Waals surface area contributed by atoms with E-state index in [2.05, 4.69) is 4.74 Å². The van der Waals surface area contributed by atoms with Gasteiger partial charge in [-0.05, 0) is 31.6 Å². The molecule has 4 atom stereocenters. The first kappa shape index (κ1) is 11.6. The first-order valence-corrected chi connectivity index (χ1v) is 5.81. The first-order valence-electron chi connectivity index (χ1n) is 5.81. The Balaban J connectivity index is 2.06. The third kappa shape index (κ3) is 1.86. The molecule has 0 saturated heterocycles. The largest absolute Gasteiger partial charge is 0.468 e. The molecule has 4 heteroatoms. The van der Waals surface area contributed by atoms with Crippen LogP contribution in [0.5, 0.6) is 0 Å². The van der Waals surface area contributed by atoms with Crippen LogP contribution in [0.4, 0.5) is 0 Å². The topological polar surface area (TPSA) is 52.6 Å². The molecule has 2 aliphatic carbocycles. The number of hydrogen-bond donors (Lipinski definition) is 0. The smallest absolute Gasteiger partial charge is 0.316 e. The number of hydrogen-bond acceptors (Lipinski definition) is 4. The minimum absolute atomic E-state index is 0.0653. The number of carbonyl (C=O) groups excluding carboxylic acids is 2. The van der Waals surface area contributed by atoms with Crippen molar-refractivity contribution in [2.24, 2.45) is 17.8 Å². The summed E-state index contributed by atoms with van der Waals surface area (Å²) in [5.74, 6) is -0.416. The number of fused-ring (bicyclic) bond motifs is 1. The van der Waals surface area contributed by atoms with Gasteiger partial charge in [0.15, 0.2) is 0 Å². The minimum Gasteiger partial charge on any atom is -0.468 e. The van der Waals surface area contributed by atoms with Gasteiger partial charge < -0.3 is 9.47 Å². The Bertz CT molecular complexity index is 299. The summed E-state index contributed by atoms with van der Waals surface area (Å²) in [7, 11) is 3.05. The van der Waals surface area contributed by atoms with Gasteiger partial charge in [0.25, 0.3) is 0 Å². The maximum Gasteiger partial charge on any atom is 0.316 e. The highest BCUT2D eigenvalue weighted by Gasteiger charge is 2.48. The van der Waals surface area contributed by atoms with Gasteiger partial charge in [-0.15, -0.1) is 0 Å². The fraction of sp³-hybridized carbons (Fsp3) is 0.833. The third-order valence-corrected chi connectivity index (χ3v) is 4.00. The summed E-state index contributed by atoms with van der Waals surface area (Å²) in [6.45, 7) is 0. The third-order valence-electron chi connectivity index (χ3n) is 4.00. The van der Waals surface area contributed by atoms with Crippen LogP contribution in [0.1, 0.15) is 25.7 Å².